The lowest BCUT2D eigenvalue weighted by atomic mass is 10.1. The standard InChI is InChI=1S/C40H71NO4/c1-3-5-7-9-11-13-15-17-19-20-21-23-24-26-28-30-32-34-38(43)37(36-42)41-40(45)39(44)35-33-31-29-27-25-22-18-16-14-12-10-8-6-4-2/h12,14,16,18-20,24,26,32,34,37-39,42-44H,3-11,13,15,17,21-23,25,27-31,33,35-36H2,1-2H3,(H,41,45)/b14-12-,18-16-,20-19+,26-24+,34-32+. The zero-order valence-corrected chi connectivity index (χ0v) is 29.2. The lowest BCUT2D eigenvalue weighted by molar-refractivity contribution is -0.131. The van der Waals surface area contributed by atoms with Gasteiger partial charge in [-0.3, -0.25) is 4.79 Å². The summed E-state index contributed by atoms with van der Waals surface area (Å²) in [6.45, 7) is 4.09. The van der Waals surface area contributed by atoms with Crippen LogP contribution in [0.4, 0.5) is 0 Å². The number of aliphatic hydroxyl groups excluding tert-OH is 3. The molecule has 260 valence electrons. The summed E-state index contributed by atoms with van der Waals surface area (Å²) in [5, 5.41) is 32.9. The van der Waals surface area contributed by atoms with Crippen molar-refractivity contribution in [3.05, 3.63) is 60.8 Å². The van der Waals surface area contributed by atoms with Crippen LogP contribution < -0.4 is 5.32 Å². The average molecular weight is 630 g/mol. The summed E-state index contributed by atoms with van der Waals surface area (Å²) in [5.41, 5.74) is 0. The van der Waals surface area contributed by atoms with Gasteiger partial charge >= 0.3 is 0 Å². The normalized spacial score (nSPS) is 14.5. The van der Waals surface area contributed by atoms with Crippen molar-refractivity contribution < 1.29 is 20.1 Å². The van der Waals surface area contributed by atoms with Gasteiger partial charge in [0.05, 0.1) is 18.8 Å². The van der Waals surface area contributed by atoms with Crippen molar-refractivity contribution in [1.29, 1.82) is 0 Å². The Morgan fingerprint density at radius 1 is 0.556 bits per heavy atom. The van der Waals surface area contributed by atoms with Crippen molar-refractivity contribution in [2.24, 2.45) is 0 Å². The van der Waals surface area contributed by atoms with E-state index in [1.54, 1.807) is 6.08 Å². The van der Waals surface area contributed by atoms with Gasteiger partial charge in [0.2, 0.25) is 5.91 Å². The number of rotatable bonds is 32. The molecule has 0 aromatic rings. The molecule has 0 aliphatic rings. The Hall–Kier alpha value is -1.95. The average Bonchev–Trinajstić information content (AvgIpc) is 3.04. The van der Waals surface area contributed by atoms with Crippen molar-refractivity contribution in [2.75, 3.05) is 6.61 Å². The molecule has 0 fully saturated rings. The summed E-state index contributed by atoms with van der Waals surface area (Å²) in [6.07, 6.45) is 45.1. The number of amides is 1. The molecule has 0 aliphatic heterocycles. The Labute approximate surface area is 278 Å². The number of carbonyl (C=O) groups excluding carboxylic acids is 1. The van der Waals surface area contributed by atoms with Crippen LogP contribution in [-0.4, -0.2) is 46.1 Å². The molecule has 0 aromatic carbocycles. The highest BCUT2D eigenvalue weighted by Crippen LogP contribution is 2.11. The summed E-state index contributed by atoms with van der Waals surface area (Å²) < 4.78 is 0. The van der Waals surface area contributed by atoms with Crippen LogP contribution in [0.2, 0.25) is 0 Å². The van der Waals surface area contributed by atoms with Crippen molar-refractivity contribution >= 4 is 5.91 Å². The second-order valence-corrected chi connectivity index (χ2v) is 12.4. The molecule has 0 radical (unpaired) electrons. The molecule has 0 bridgehead atoms. The van der Waals surface area contributed by atoms with Crippen LogP contribution in [0.25, 0.3) is 0 Å². The summed E-state index contributed by atoms with van der Waals surface area (Å²) in [5.74, 6) is -0.534. The van der Waals surface area contributed by atoms with Crippen LogP contribution in [0.5, 0.6) is 0 Å². The third-order valence-electron chi connectivity index (χ3n) is 8.09. The SMILES string of the molecule is CCCCC/C=C\C=C/CCCCCCCC(O)C(=O)NC(CO)C(O)/C=C/CC/C=C/CC/C=C/CCCCCCCCC. The van der Waals surface area contributed by atoms with E-state index in [1.807, 2.05) is 6.08 Å². The Morgan fingerprint density at radius 3 is 1.53 bits per heavy atom. The Bertz CT molecular complexity index is 785. The van der Waals surface area contributed by atoms with Crippen LogP contribution in [0.1, 0.15) is 162 Å². The quantitative estimate of drug-likeness (QED) is 0.0339. The zero-order valence-electron chi connectivity index (χ0n) is 29.2. The summed E-state index contributed by atoms with van der Waals surface area (Å²) in [7, 11) is 0. The first-order chi connectivity index (χ1) is 22.1. The van der Waals surface area contributed by atoms with E-state index < -0.39 is 24.2 Å². The molecule has 0 aliphatic carbocycles. The molecule has 0 saturated heterocycles. The van der Waals surface area contributed by atoms with Gasteiger partial charge in [-0.15, -0.1) is 0 Å². The number of aliphatic hydroxyl groups is 3. The number of nitrogens with one attached hydrogen (secondary N) is 1. The van der Waals surface area contributed by atoms with Gasteiger partial charge in [0.15, 0.2) is 0 Å². The maximum Gasteiger partial charge on any atom is 0.249 e. The minimum Gasteiger partial charge on any atom is -0.394 e. The van der Waals surface area contributed by atoms with Gasteiger partial charge in [-0.2, -0.15) is 0 Å². The van der Waals surface area contributed by atoms with Crippen molar-refractivity contribution in [2.45, 2.75) is 180 Å². The Morgan fingerprint density at radius 2 is 0.978 bits per heavy atom. The number of unbranched alkanes of at least 4 members (excludes halogenated alkanes) is 17. The summed E-state index contributed by atoms with van der Waals surface area (Å²) >= 11 is 0. The van der Waals surface area contributed by atoms with Crippen LogP contribution in [0.3, 0.4) is 0 Å². The fourth-order valence-corrected chi connectivity index (χ4v) is 5.09. The van der Waals surface area contributed by atoms with Gasteiger partial charge in [-0.1, -0.05) is 152 Å². The number of allylic oxidation sites excluding steroid dienone is 9. The minimum atomic E-state index is -1.12. The predicted molar refractivity (Wildman–Crippen MR) is 194 cm³/mol. The molecular formula is C40H71NO4. The first-order valence-corrected chi connectivity index (χ1v) is 18.6. The van der Waals surface area contributed by atoms with E-state index in [9.17, 15) is 20.1 Å². The number of carbonyl (C=O) groups is 1. The highest BCUT2D eigenvalue weighted by molar-refractivity contribution is 5.80. The second kappa shape index (κ2) is 34.9. The van der Waals surface area contributed by atoms with Crippen LogP contribution in [-0.2, 0) is 4.79 Å². The largest absolute Gasteiger partial charge is 0.394 e. The van der Waals surface area contributed by atoms with Crippen molar-refractivity contribution in [1.82, 2.24) is 5.32 Å². The molecule has 0 saturated carbocycles. The third kappa shape index (κ3) is 30.5. The summed E-state index contributed by atoms with van der Waals surface area (Å²) in [4.78, 5) is 12.4. The minimum absolute atomic E-state index is 0.389. The fourth-order valence-electron chi connectivity index (χ4n) is 5.09. The van der Waals surface area contributed by atoms with E-state index >= 15 is 0 Å². The smallest absolute Gasteiger partial charge is 0.249 e. The number of hydrogen-bond acceptors (Lipinski definition) is 4. The topological polar surface area (TPSA) is 89.8 Å². The van der Waals surface area contributed by atoms with E-state index in [0.717, 1.165) is 70.6 Å². The lowest BCUT2D eigenvalue weighted by Gasteiger charge is -2.21. The molecule has 0 spiro atoms. The Balaban J connectivity index is 3.88. The molecule has 4 N–H and O–H groups in total. The second-order valence-electron chi connectivity index (χ2n) is 12.4. The molecule has 0 aromatic heterocycles. The summed E-state index contributed by atoms with van der Waals surface area (Å²) in [6, 6.07) is -0.828. The molecule has 5 nitrogen and oxygen atoms in total. The molecule has 0 rings (SSSR count). The predicted octanol–water partition coefficient (Wildman–Crippen LogP) is 9.98. The van der Waals surface area contributed by atoms with E-state index in [0.29, 0.717) is 6.42 Å². The molecular weight excluding hydrogens is 558 g/mol. The highest BCUT2D eigenvalue weighted by Gasteiger charge is 2.22. The maximum atomic E-state index is 12.4. The van der Waals surface area contributed by atoms with Gasteiger partial charge in [-0.05, 0) is 70.6 Å². The first kappa shape index (κ1) is 43.0. The van der Waals surface area contributed by atoms with Crippen LogP contribution in [0.15, 0.2) is 60.8 Å². The molecule has 45 heavy (non-hydrogen) atoms. The molecule has 3 unspecified atom stereocenters. The van der Waals surface area contributed by atoms with E-state index in [2.05, 4.69) is 67.8 Å². The molecule has 1 amide bonds. The van der Waals surface area contributed by atoms with Crippen molar-refractivity contribution in [3.8, 4) is 0 Å². The van der Waals surface area contributed by atoms with Gasteiger partial charge in [0.1, 0.15) is 6.10 Å². The highest BCUT2D eigenvalue weighted by atomic mass is 16.3. The molecule has 3 atom stereocenters. The third-order valence-corrected chi connectivity index (χ3v) is 8.09. The van der Waals surface area contributed by atoms with Crippen LogP contribution in [0, 0.1) is 0 Å². The fraction of sp³-hybridized carbons (Fsp3) is 0.725. The number of hydrogen-bond donors (Lipinski definition) is 4. The van der Waals surface area contributed by atoms with Crippen molar-refractivity contribution in [3.63, 3.8) is 0 Å². The van der Waals surface area contributed by atoms with E-state index in [-0.39, 0.29) is 6.61 Å². The van der Waals surface area contributed by atoms with Gasteiger partial charge in [0, 0.05) is 0 Å². The Kier molecular flexibility index (Phi) is 33.4. The maximum absolute atomic E-state index is 12.4. The van der Waals surface area contributed by atoms with Crippen LogP contribution >= 0.6 is 0 Å². The van der Waals surface area contributed by atoms with E-state index in [4.69, 9.17) is 0 Å². The molecule has 0 heterocycles. The molecule has 5 heteroatoms. The lowest BCUT2D eigenvalue weighted by Crippen LogP contribution is -2.48. The monoisotopic (exact) mass is 630 g/mol. The van der Waals surface area contributed by atoms with E-state index in [1.165, 1.54) is 70.6 Å². The van der Waals surface area contributed by atoms with Gasteiger partial charge in [0.25, 0.3) is 0 Å². The zero-order chi connectivity index (χ0) is 33.1. The van der Waals surface area contributed by atoms with Gasteiger partial charge < -0.3 is 20.6 Å². The van der Waals surface area contributed by atoms with Gasteiger partial charge in [-0.25, -0.2) is 0 Å². The first-order valence-electron chi connectivity index (χ1n) is 18.6.